The van der Waals surface area contributed by atoms with Gasteiger partial charge in [-0.2, -0.15) is 0 Å². The molecule has 0 unspecified atom stereocenters. The minimum absolute atomic E-state index is 0.0760. The van der Waals surface area contributed by atoms with Crippen LogP contribution in [0.2, 0.25) is 0 Å². The van der Waals surface area contributed by atoms with E-state index in [1.54, 1.807) is 25.0 Å². The number of aliphatic hydroxyl groups excluding tert-OH is 3. The molecule has 0 bridgehead atoms. The normalized spacial score (nSPS) is 14.1. The van der Waals surface area contributed by atoms with Crippen molar-refractivity contribution < 1.29 is 24.8 Å². The number of hydrogen-bond donors (Lipinski definition) is 5. The van der Waals surface area contributed by atoms with E-state index >= 15 is 0 Å². The third kappa shape index (κ3) is 8.04. The van der Waals surface area contributed by atoms with Gasteiger partial charge in [0.25, 0.3) is 0 Å². The third-order valence-corrected chi connectivity index (χ3v) is 6.42. The molecule has 0 fully saturated rings. The molecule has 2 aromatic carbocycles. The van der Waals surface area contributed by atoms with Gasteiger partial charge in [0.05, 0.1) is 24.7 Å². The van der Waals surface area contributed by atoms with Gasteiger partial charge in [-0.05, 0) is 36.2 Å². The first-order valence-electron chi connectivity index (χ1n) is 11.7. The molecular weight excluding hydrogens is 481 g/mol. The van der Waals surface area contributed by atoms with Crippen LogP contribution in [-0.2, 0) is 5.41 Å². The fourth-order valence-corrected chi connectivity index (χ4v) is 3.66. The largest absolute Gasteiger partial charge is 0.491 e. The van der Waals surface area contributed by atoms with Gasteiger partial charge in [-0.25, -0.2) is 5.43 Å². The van der Waals surface area contributed by atoms with E-state index in [1.165, 1.54) is 0 Å². The molecule has 10 heteroatoms. The van der Waals surface area contributed by atoms with E-state index in [9.17, 15) is 15.3 Å². The maximum Gasteiger partial charge on any atom is 0.119 e. The van der Waals surface area contributed by atoms with E-state index in [2.05, 4.69) is 19.3 Å². The number of halogens is 1. The molecule has 2 atom stereocenters. The molecule has 0 heterocycles. The fraction of sp³-hybridized carbons (Fsp3) is 0.462. The Bertz CT molecular complexity index is 1000. The number of allylic oxidation sites excluding steroid dienone is 1. The zero-order chi connectivity index (χ0) is 26.9. The van der Waals surface area contributed by atoms with Crippen molar-refractivity contribution in [1.82, 2.24) is 10.4 Å². The van der Waals surface area contributed by atoms with E-state index in [-0.39, 0.29) is 37.7 Å². The van der Waals surface area contributed by atoms with E-state index in [1.807, 2.05) is 36.4 Å². The van der Waals surface area contributed by atoms with Crippen molar-refractivity contribution in [3.8, 4) is 11.5 Å². The average Bonchev–Trinajstić information content (AvgIpc) is 2.88. The molecule has 2 aromatic rings. The van der Waals surface area contributed by atoms with Gasteiger partial charge >= 0.3 is 0 Å². The van der Waals surface area contributed by atoms with E-state index in [4.69, 9.17) is 34.7 Å². The second-order valence-electron chi connectivity index (χ2n) is 9.09. The molecule has 36 heavy (non-hydrogen) atoms. The van der Waals surface area contributed by atoms with Gasteiger partial charge < -0.3 is 35.5 Å². The lowest BCUT2D eigenvalue weighted by molar-refractivity contribution is 0.0659. The summed E-state index contributed by atoms with van der Waals surface area (Å²) >= 11 is 5.61. The molecule has 0 saturated carbocycles. The maximum atomic E-state index is 10.4. The minimum Gasteiger partial charge on any atom is -0.491 e. The molecule has 6 N–H and O–H groups in total. The first-order chi connectivity index (χ1) is 17.0. The molecule has 0 aliphatic rings. The van der Waals surface area contributed by atoms with Crippen LogP contribution in [0.1, 0.15) is 31.9 Å². The highest BCUT2D eigenvalue weighted by atomic mass is 35.5. The second-order valence-corrected chi connectivity index (χ2v) is 9.40. The van der Waals surface area contributed by atoms with Gasteiger partial charge in [0.15, 0.2) is 0 Å². The zero-order valence-corrected chi connectivity index (χ0v) is 22.1. The first-order valence-corrected chi connectivity index (χ1v) is 12.3. The molecule has 2 rings (SSSR count). The summed E-state index contributed by atoms with van der Waals surface area (Å²) in [6.07, 6.45) is -1.54. The Balaban J connectivity index is 2.02. The molecule has 196 valence electrons. The SMILES string of the molecule is [B]c1cc(C(C)(C)c2ccc(OC[C@@H](O)CN(NC)/C(C)=C(\N)CO)cc2)ccc1OC[C@@H](O)CCl. The Morgan fingerprint density at radius 3 is 2.25 bits per heavy atom. The molecule has 0 amide bonds. The van der Waals surface area contributed by atoms with Crippen LogP contribution < -0.4 is 26.1 Å². The fourth-order valence-electron chi connectivity index (χ4n) is 3.57. The summed E-state index contributed by atoms with van der Waals surface area (Å²) in [5, 5.41) is 30.9. The number of nitrogens with one attached hydrogen (secondary N) is 1. The summed E-state index contributed by atoms with van der Waals surface area (Å²) < 4.78 is 11.3. The van der Waals surface area contributed by atoms with Crippen LogP contribution in [-0.4, -0.2) is 79.7 Å². The van der Waals surface area contributed by atoms with Crippen LogP contribution >= 0.6 is 11.6 Å². The number of hydrogen-bond acceptors (Lipinski definition) is 8. The van der Waals surface area contributed by atoms with Gasteiger partial charge in [-0.15, -0.1) is 11.6 Å². The van der Waals surface area contributed by atoms with Crippen molar-refractivity contribution in [2.45, 2.75) is 38.4 Å². The summed E-state index contributed by atoms with van der Waals surface area (Å²) in [6.45, 7) is 6.09. The quantitative estimate of drug-likeness (QED) is 0.144. The third-order valence-electron chi connectivity index (χ3n) is 6.06. The Morgan fingerprint density at radius 1 is 1.08 bits per heavy atom. The van der Waals surface area contributed by atoms with Crippen molar-refractivity contribution in [2.24, 2.45) is 5.73 Å². The van der Waals surface area contributed by atoms with Gasteiger partial charge in [-0.3, -0.25) is 0 Å². The lowest BCUT2D eigenvalue weighted by Crippen LogP contribution is -2.42. The summed E-state index contributed by atoms with van der Waals surface area (Å²) in [5.41, 5.74) is 11.9. The number of hydrazine groups is 1. The van der Waals surface area contributed by atoms with E-state index in [0.29, 0.717) is 28.4 Å². The Morgan fingerprint density at radius 2 is 1.69 bits per heavy atom. The van der Waals surface area contributed by atoms with Crippen molar-refractivity contribution in [3.63, 3.8) is 0 Å². The molecule has 2 radical (unpaired) electrons. The van der Waals surface area contributed by atoms with Crippen molar-refractivity contribution in [1.29, 1.82) is 0 Å². The van der Waals surface area contributed by atoms with Crippen LogP contribution in [0.5, 0.6) is 11.5 Å². The number of benzene rings is 2. The maximum absolute atomic E-state index is 10.4. The molecule has 0 saturated heterocycles. The smallest absolute Gasteiger partial charge is 0.119 e. The second kappa shape index (κ2) is 13.8. The highest BCUT2D eigenvalue weighted by Crippen LogP contribution is 2.32. The van der Waals surface area contributed by atoms with Crippen molar-refractivity contribution >= 4 is 24.9 Å². The number of nitrogens with zero attached hydrogens (tertiary/aromatic N) is 1. The number of alkyl halides is 1. The first kappa shape index (κ1) is 29.8. The minimum atomic E-state index is -0.788. The number of rotatable bonds is 14. The monoisotopic (exact) mass is 517 g/mol. The topological polar surface area (TPSA) is 120 Å². The lowest BCUT2D eigenvalue weighted by Gasteiger charge is -2.28. The molecular formula is C26H37BClN3O5. The van der Waals surface area contributed by atoms with Gasteiger partial charge in [-0.1, -0.05) is 43.6 Å². The van der Waals surface area contributed by atoms with Crippen LogP contribution in [0.3, 0.4) is 0 Å². The predicted molar refractivity (Wildman–Crippen MR) is 144 cm³/mol. The van der Waals surface area contributed by atoms with Gasteiger partial charge in [0.2, 0.25) is 0 Å². The summed E-state index contributed by atoms with van der Waals surface area (Å²) in [4.78, 5) is 0. The average molecular weight is 518 g/mol. The summed E-state index contributed by atoms with van der Waals surface area (Å²) in [5.74, 6) is 1.23. The number of ether oxygens (including phenoxy) is 2. The molecule has 8 nitrogen and oxygen atoms in total. The van der Waals surface area contributed by atoms with Crippen LogP contribution in [0.15, 0.2) is 53.9 Å². The van der Waals surface area contributed by atoms with Crippen LogP contribution in [0, 0.1) is 0 Å². The van der Waals surface area contributed by atoms with Gasteiger partial charge in [0.1, 0.15) is 44.8 Å². The standard InChI is InChI=1S/C26H37BClN3O5/c1-17(24(29)14-32)31(30-4)13-21(34)16-35-22-8-5-18(6-9-22)26(2,3)19-7-10-25(23(27)11-19)36-15-20(33)12-28/h5-11,20-21,30,32-34H,12-16,29H2,1-4H3/b24-17-/t20-,21-/m0/s1. The van der Waals surface area contributed by atoms with Crippen LogP contribution in [0.4, 0.5) is 0 Å². The zero-order valence-electron chi connectivity index (χ0n) is 21.4. The highest BCUT2D eigenvalue weighted by Gasteiger charge is 2.24. The molecule has 0 aromatic heterocycles. The highest BCUT2D eigenvalue weighted by molar-refractivity contribution is 6.34. The number of nitrogens with two attached hydrogens (primary N) is 1. The summed E-state index contributed by atoms with van der Waals surface area (Å²) in [7, 11) is 7.90. The van der Waals surface area contributed by atoms with Crippen LogP contribution in [0.25, 0.3) is 0 Å². The summed E-state index contributed by atoms with van der Waals surface area (Å²) in [6, 6.07) is 13.3. The molecule has 0 spiro atoms. The van der Waals surface area contributed by atoms with Gasteiger partial charge in [0, 0.05) is 18.2 Å². The lowest BCUT2D eigenvalue weighted by atomic mass is 9.76. The van der Waals surface area contributed by atoms with E-state index in [0.717, 1.165) is 11.1 Å². The Kier molecular flexibility index (Phi) is 11.4. The van der Waals surface area contributed by atoms with Crippen molar-refractivity contribution in [2.75, 3.05) is 39.3 Å². The van der Waals surface area contributed by atoms with E-state index < -0.39 is 12.2 Å². The predicted octanol–water partition coefficient (Wildman–Crippen LogP) is 1.14. The van der Waals surface area contributed by atoms with Crippen molar-refractivity contribution in [3.05, 3.63) is 65.0 Å². The number of aliphatic hydroxyl groups is 3. The molecule has 0 aliphatic heterocycles. The Hall–Kier alpha value is -2.43. The molecule has 0 aliphatic carbocycles. The Labute approximate surface area is 220 Å².